The molecule has 2 unspecified atom stereocenters. The van der Waals surface area contributed by atoms with Gasteiger partial charge in [0.05, 0.1) is 32.9 Å². The fourth-order valence-electron chi connectivity index (χ4n) is 3.21. The molecular formula is C21H26N4O4. The molecule has 3 N–H and O–H groups in total. The molecule has 8 heteroatoms. The van der Waals surface area contributed by atoms with E-state index < -0.39 is 5.91 Å². The highest BCUT2D eigenvalue weighted by Gasteiger charge is 2.27. The number of ether oxygens (including phenoxy) is 3. The molecule has 0 bridgehead atoms. The van der Waals surface area contributed by atoms with Gasteiger partial charge in [0, 0.05) is 30.8 Å². The third-order valence-corrected chi connectivity index (χ3v) is 4.84. The van der Waals surface area contributed by atoms with Gasteiger partial charge in [0.15, 0.2) is 11.5 Å². The van der Waals surface area contributed by atoms with Gasteiger partial charge in [-0.1, -0.05) is 29.8 Å². The van der Waals surface area contributed by atoms with Gasteiger partial charge in [-0.25, -0.2) is 10.9 Å². The molecule has 2 atom stereocenters. The van der Waals surface area contributed by atoms with Crippen molar-refractivity contribution in [1.82, 2.24) is 16.3 Å². The van der Waals surface area contributed by atoms with E-state index in [9.17, 15) is 4.79 Å². The molecule has 1 fully saturated rings. The zero-order chi connectivity index (χ0) is 20.8. The number of carbonyl (C=O) groups excluding carboxylic acids is 1. The lowest BCUT2D eigenvalue weighted by atomic mass is 9.95. The van der Waals surface area contributed by atoms with Crippen LogP contribution in [-0.4, -0.2) is 40.0 Å². The third-order valence-electron chi connectivity index (χ3n) is 4.84. The van der Waals surface area contributed by atoms with Gasteiger partial charge in [-0.05, 0) is 12.5 Å². The van der Waals surface area contributed by atoms with E-state index in [1.807, 2.05) is 0 Å². The van der Waals surface area contributed by atoms with Crippen LogP contribution in [0.1, 0.15) is 27.5 Å². The van der Waals surface area contributed by atoms with Crippen LogP contribution < -0.4 is 30.5 Å². The smallest absolute Gasteiger partial charge is 0.275 e. The zero-order valence-corrected chi connectivity index (χ0v) is 17.0. The average Bonchev–Trinajstić information content (AvgIpc) is 3.21. The van der Waals surface area contributed by atoms with Crippen LogP contribution in [0.4, 0.5) is 0 Å². The lowest BCUT2D eigenvalue weighted by Gasteiger charge is -2.15. The van der Waals surface area contributed by atoms with Crippen LogP contribution in [0.25, 0.3) is 0 Å². The van der Waals surface area contributed by atoms with Crippen molar-refractivity contribution in [3.05, 3.63) is 53.1 Å². The number of aryl methyl sites for hydroxylation is 1. The number of hydrogen-bond acceptors (Lipinski definition) is 7. The van der Waals surface area contributed by atoms with Crippen LogP contribution in [0.15, 0.2) is 41.5 Å². The standard InChI is InChI=1S/C21H26N4O4/c1-13-5-7-14(8-6-13)20-15(11-22-24-20)12-23-25-21(26)16-9-18(28-3)19(29-4)10-17(16)27-2/h5-10,12,15,20,22,24H,11H2,1-4H3,(H,25,26)/b23-12+. The van der Waals surface area contributed by atoms with Crippen molar-refractivity contribution in [2.24, 2.45) is 11.0 Å². The monoisotopic (exact) mass is 398 g/mol. The van der Waals surface area contributed by atoms with Crippen LogP contribution in [0, 0.1) is 12.8 Å². The van der Waals surface area contributed by atoms with Gasteiger partial charge in [-0.3, -0.25) is 10.2 Å². The first-order valence-corrected chi connectivity index (χ1v) is 9.25. The average molecular weight is 398 g/mol. The summed E-state index contributed by atoms with van der Waals surface area (Å²) in [6, 6.07) is 11.6. The molecule has 0 radical (unpaired) electrons. The number of nitrogens with zero attached hydrogens (tertiary/aromatic N) is 1. The van der Waals surface area contributed by atoms with Crippen molar-refractivity contribution < 1.29 is 19.0 Å². The van der Waals surface area contributed by atoms with Crippen LogP contribution in [0.3, 0.4) is 0 Å². The number of carbonyl (C=O) groups is 1. The molecule has 0 spiro atoms. The molecular weight excluding hydrogens is 372 g/mol. The molecule has 2 aromatic carbocycles. The van der Waals surface area contributed by atoms with Crippen LogP contribution in [0.2, 0.25) is 0 Å². The summed E-state index contributed by atoms with van der Waals surface area (Å²) in [5.74, 6) is 0.978. The quantitative estimate of drug-likeness (QED) is 0.489. The summed E-state index contributed by atoms with van der Waals surface area (Å²) in [6.07, 6.45) is 1.74. The topological polar surface area (TPSA) is 93.2 Å². The fraction of sp³-hybridized carbons (Fsp3) is 0.333. The first-order chi connectivity index (χ1) is 14.1. The Labute approximate surface area is 170 Å². The first kappa shape index (κ1) is 20.6. The Morgan fingerprint density at radius 3 is 2.38 bits per heavy atom. The first-order valence-electron chi connectivity index (χ1n) is 9.25. The number of hydrazone groups is 1. The summed E-state index contributed by atoms with van der Waals surface area (Å²) >= 11 is 0. The molecule has 1 heterocycles. The normalized spacial score (nSPS) is 18.6. The van der Waals surface area contributed by atoms with E-state index in [2.05, 4.69) is 52.6 Å². The fourth-order valence-corrected chi connectivity index (χ4v) is 3.21. The molecule has 1 aliphatic heterocycles. The van der Waals surface area contributed by atoms with E-state index in [1.54, 1.807) is 18.3 Å². The largest absolute Gasteiger partial charge is 0.496 e. The molecule has 29 heavy (non-hydrogen) atoms. The Morgan fingerprint density at radius 2 is 1.72 bits per heavy atom. The summed E-state index contributed by atoms with van der Waals surface area (Å²) in [4.78, 5) is 12.6. The van der Waals surface area contributed by atoms with Crippen molar-refractivity contribution in [3.63, 3.8) is 0 Å². The zero-order valence-electron chi connectivity index (χ0n) is 17.0. The predicted octanol–water partition coefficient (Wildman–Crippen LogP) is 2.20. The van der Waals surface area contributed by atoms with E-state index in [0.717, 1.165) is 5.56 Å². The van der Waals surface area contributed by atoms with Crippen molar-refractivity contribution >= 4 is 12.1 Å². The van der Waals surface area contributed by atoms with E-state index >= 15 is 0 Å². The maximum atomic E-state index is 12.6. The number of hydrogen-bond donors (Lipinski definition) is 3. The Morgan fingerprint density at radius 1 is 1.07 bits per heavy atom. The number of amides is 1. The van der Waals surface area contributed by atoms with Crippen molar-refractivity contribution in [3.8, 4) is 17.2 Å². The SMILES string of the molecule is COc1cc(OC)c(C(=O)N/N=C/C2CNNC2c2ccc(C)cc2)cc1OC. The second-order valence-corrected chi connectivity index (χ2v) is 6.70. The summed E-state index contributed by atoms with van der Waals surface area (Å²) in [7, 11) is 4.52. The van der Waals surface area contributed by atoms with Crippen LogP contribution >= 0.6 is 0 Å². The molecule has 0 aliphatic carbocycles. The number of nitrogens with one attached hydrogen (secondary N) is 3. The summed E-state index contributed by atoms with van der Waals surface area (Å²) in [6.45, 7) is 2.76. The highest BCUT2D eigenvalue weighted by atomic mass is 16.5. The molecule has 0 saturated carbocycles. The maximum absolute atomic E-state index is 12.6. The van der Waals surface area contributed by atoms with E-state index in [-0.39, 0.29) is 12.0 Å². The number of rotatable bonds is 7. The van der Waals surface area contributed by atoms with Gasteiger partial charge in [0.2, 0.25) is 0 Å². The van der Waals surface area contributed by atoms with Gasteiger partial charge < -0.3 is 14.2 Å². The third kappa shape index (κ3) is 4.67. The predicted molar refractivity (Wildman–Crippen MR) is 111 cm³/mol. The summed E-state index contributed by atoms with van der Waals surface area (Å²) in [5, 5.41) is 4.16. The number of hydrazine groups is 1. The Bertz CT molecular complexity index is 883. The lowest BCUT2D eigenvalue weighted by molar-refractivity contribution is 0.0951. The van der Waals surface area contributed by atoms with Gasteiger partial charge >= 0.3 is 0 Å². The van der Waals surface area contributed by atoms with Crippen molar-refractivity contribution in [1.29, 1.82) is 0 Å². The molecule has 1 aliphatic rings. The molecule has 1 amide bonds. The Hall–Kier alpha value is -3.10. The second-order valence-electron chi connectivity index (χ2n) is 6.70. The maximum Gasteiger partial charge on any atom is 0.275 e. The summed E-state index contributed by atoms with van der Waals surface area (Å²) < 4.78 is 15.8. The van der Waals surface area contributed by atoms with Crippen LogP contribution in [-0.2, 0) is 0 Å². The van der Waals surface area contributed by atoms with E-state index in [4.69, 9.17) is 14.2 Å². The minimum Gasteiger partial charge on any atom is -0.496 e. The highest BCUT2D eigenvalue weighted by molar-refractivity contribution is 5.98. The van der Waals surface area contributed by atoms with Gasteiger partial charge in [-0.2, -0.15) is 5.10 Å². The van der Waals surface area contributed by atoms with Gasteiger partial charge in [-0.15, -0.1) is 0 Å². The molecule has 3 rings (SSSR count). The minimum atomic E-state index is -0.398. The molecule has 154 valence electrons. The summed E-state index contributed by atoms with van der Waals surface area (Å²) in [5.41, 5.74) is 11.6. The Balaban J connectivity index is 1.71. The molecule has 1 saturated heterocycles. The van der Waals surface area contributed by atoms with Gasteiger partial charge in [0.25, 0.3) is 5.91 Å². The van der Waals surface area contributed by atoms with E-state index in [0.29, 0.717) is 29.4 Å². The minimum absolute atomic E-state index is 0.0758. The van der Waals surface area contributed by atoms with Crippen molar-refractivity contribution in [2.75, 3.05) is 27.9 Å². The Kier molecular flexibility index (Phi) is 6.69. The second kappa shape index (κ2) is 9.40. The van der Waals surface area contributed by atoms with Gasteiger partial charge in [0.1, 0.15) is 5.75 Å². The van der Waals surface area contributed by atoms with E-state index in [1.165, 1.54) is 26.9 Å². The number of methoxy groups -OCH3 is 3. The number of benzene rings is 2. The lowest BCUT2D eigenvalue weighted by Crippen LogP contribution is -2.25. The van der Waals surface area contributed by atoms with Crippen LogP contribution in [0.5, 0.6) is 17.2 Å². The molecule has 0 aromatic heterocycles. The highest BCUT2D eigenvalue weighted by Crippen LogP contribution is 2.34. The molecule has 8 nitrogen and oxygen atoms in total. The van der Waals surface area contributed by atoms with Crippen molar-refractivity contribution in [2.45, 2.75) is 13.0 Å². The molecule has 2 aromatic rings.